The molecule has 3 heterocycles. The Balaban J connectivity index is 1.50. The van der Waals surface area contributed by atoms with E-state index < -0.39 is 73.6 Å². The average Bonchev–Trinajstić information content (AvgIpc) is 2.80. The van der Waals surface area contributed by atoms with Gasteiger partial charge in [0.1, 0.15) is 54.1 Å². The quantitative estimate of drug-likeness (QED) is 0.260. The van der Waals surface area contributed by atoms with E-state index in [2.05, 4.69) is 0 Å². The third kappa shape index (κ3) is 4.69. The summed E-state index contributed by atoms with van der Waals surface area (Å²) in [5.41, 5.74) is 0.430. The van der Waals surface area contributed by atoms with Crippen LogP contribution in [0.4, 0.5) is 0 Å². The fourth-order valence-electron chi connectivity index (χ4n) is 4.11. The van der Waals surface area contributed by atoms with E-state index in [1.807, 2.05) is 0 Å². The van der Waals surface area contributed by atoms with Gasteiger partial charge in [0.05, 0.1) is 12.7 Å². The zero-order chi connectivity index (χ0) is 24.7. The number of aliphatic hydroxyl groups is 6. The van der Waals surface area contributed by atoms with Gasteiger partial charge in [0, 0.05) is 17.5 Å². The molecule has 0 saturated carbocycles. The third-order valence-electron chi connectivity index (χ3n) is 6.10. The molecule has 0 aliphatic carbocycles. The zero-order valence-electron chi connectivity index (χ0n) is 18.4. The van der Waals surface area contributed by atoms with Crippen molar-refractivity contribution in [1.82, 2.24) is 0 Å². The first-order valence-electron chi connectivity index (χ1n) is 10.8. The molecule has 6 N–H and O–H groups in total. The van der Waals surface area contributed by atoms with E-state index >= 15 is 0 Å². The SMILES string of the molecule is Cc1cc(=O)oc2cc(O[C@@H]3O[C@H](CO)[C@H](O[C@@H]4O[C@@H](C)[C@@H](O)[C@@H](O)[C@@H]4O)[C@H](O)[C@H]3O)ccc12. The Bertz CT molecular complexity index is 1050. The number of aliphatic hydroxyl groups excluding tert-OH is 6. The van der Waals surface area contributed by atoms with Gasteiger partial charge in [-0.3, -0.25) is 0 Å². The van der Waals surface area contributed by atoms with E-state index in [0.717, 1.165) is 0 Å². The van der Waals surface area contributed by atoms with Crippen molar-refractivity contribution in [2.24, 2.45) is 0 Å². The molecule has 2 aromatic rings. The summed E-state index contributed by atoms with van der Waals surface area (Å²) in [7, 11) is 0. The van der Waals surface area contributed by atoms with Gasteiger partial charge in [-0.25, -0.2) is 4.79 Å². The first-order valence-corrected chi connectivity index (χ1v) is 10.8. The standard InChI is InChI=1S/C22H28O12/c1-8-5-14(24)32-12-6-10(3-4-11(8)12)31-22-19(29)17(27)20(13(7-23)33-22)34-21-18(28)16(26)15(25)9(2)30-21/h3-6,9,13,15-23,25-29H,7H2,1-2H3/t9-,13+,15+,16+,17+,18-,19+,20-,21-,22+/m0/s1. The van der Waals surface area contributed by atoms with Gasteiger partial charge >= 0.3 is 5.63 Å². The molecule has 4 rings (SSSR count). The van der Waals surface area contributed by atoms with Crippen molar-refractivity contribution in [3.05, 3.63) is 40.2 Å². The maximum atomic E-state index is 11.7. The third-order valence-corrected chi connectivity index (χ3v) is 6.10. The molecular formula is C22H28O12. The van der Waals surface area contributed by atoms with Crippen LogP contribution < -0.4 is 10.4 Å². The molecule has 0 radical (unpaired) electrons. The van der Waals surface area contributed by atoms with Crippen molar-refractivity contribution in [1.29, 1.82) is 0 Å². The minimum Gasteiger partial charge on any atom is -0.462 e. The van der Waals surface area contributed by atoms with Crippen LogP contribution in [0.2, 0.25) is 0 Å². The summed E-state index contributed by atoms with van der Waals surface area (Å²) in [6.45, 7) is 2.56. The van der Waals surface area contributed by atoms with E-state index in [4.69, 9.17) is 23.4 Å². The van der Waals surface area contributed by atoms with E-state index in [1.165, 1.54) is 19.1 Å². The van der Waals surface area contributed by atoms with E-state index in [-0.39, 0.29) is 11.3 Å². The molecule has 2 fully saturated rings. The maximum absolute atomic E-state index is 11.7. The van der Waals surface area contributed by atoms with Crippen LogP contribution in [0, 0.1) is 6.92 Å². The molecule has 2 aliphatic heterocycles. The largest absolute Gasteiger partial charge is 0.462 e. The average molecular weight is 484 g/mol. The number of aryl methyl sites for hydroxylation is 1. The Morgan fingerprint density at radius 2 is 1.62 bits per heavy atom. The Morgan fingerprint density at radius 1 is 0.912 bits per heavy atom. The lowest BCUT2D eigenvalue weighted by Crippen LogP contribution is -2.64. The predicted octanol–water partition coefficient (Wildman–Crippen LogP) is -1.87. The number of hydrogen-bond acceptors (Lipinski definition) is 12. The van der Waals surface area contributed by atoms with Crippen LogP contribution in [-0.4, -0.2) is 98.7 Å². The lowest BCUT2D eigenvalue weighted by molar-refractivity contribution is -0.349. The number of ether oxygens (including phenoxy) is 4. The molecule has 1 aromatic heterocycles. The normalized spacial score (nSPS) is 38.7. The second kappa shape index (κ2) is 9.85. The van der Waals surface area contributed by atoms with Crippen molar-refractivity contribution < 1.29 is 54.0 Å². The Kier molecular flexibility index (Phi) is 7.24. The summed E-state index contributed by atoms with van der Waals surface area (Å²) in [5, 5.41) is 61.7. The van der Waals surface area contributed by atoms with Gasteiger partial charge in [-0.2, -0.15) is 0 Å². The molecule has 12 heteroatoms. The van der Waals surface area contributed by atoms with Gasteiger partial charge < -0.3 is 54.0 Å². The van der Waals surface area contributed by atoms with Crippen LogP contribution in [-0.2, 0) is 14.2 Å². The highest BCUT2D eigenvalue weighted by Crippen LogP contribution is 2.31. The van der Waals surface area contributed by atoms with Crippen LogP contribution in [0.1, 0.15) is 12.5 Å². The van der Waals surface area contributed by atoms with Gasteiger partial charge in [-0.05, 0) is 31.5 Å². The molecule has 0 spiro atoms. The van der Waals surface area contributed by atoms with Crippen molar-refractivity contribution in [3.63, 3.8) is 0 Å². The second-order valence-corrected chi connectivity index (χ2v) is 8.51. The fraction of sp³-hybridized carbons (Fsp3) is 0.591. The van der Waals surface area contributed by atoms with Crippen LogP contribution in [0.3, 0.4) is 0 Å². The van der Waals surface area contributed by atoms with Crippen molar-refractivity contribution in [3.8, 4) is 5.75 Å². The summed E-state index contributed by atoms with van der Waals surface area (Å²) in [6.07, 6.45) is -14.2. The zero-order valence-corrected chi connectivity index (χ0v) is 18.4. The first kappa shape index (κ1) is 25.0. The predicted molar refractivity (Wildman–Crippen MR) is 113 cm³/mol. The minimum atomic E-state index is -1.65. The summed E-state index contributed by atoms with van der Waals surface area (Å²) in [5.74, 6) is 0.172. The van der Waals surface area contributed by atoms with Crippen LogP contribution in [0.15, 0.2) is 33.5 Å². The highest BCUT2D eigenvalue weighted by atomic mass is 16.7. The summed E-state index contributed by atoms with van der Waals surface area (Å²) >= 11 is 0. The van der Waals surface area contributed by atoms with Crippen molar-refractivity contribution in [2.45, 2.75) is 75.3 Å². The molecule has 12 nitrogen and oxygen atoms in total. The topological polar surface area (TPSA) is 189 Å². The van der Waals surface area contributed by atoms with Gasteiger partial charge in [-0.15, -0.1) is 0 Å². The molecule has 0 bridgehead atoms. The summed E-state index contributed by atoms with van der Waals surface area (Å²) in [4.78, 5) is 11.7. The van der Waals surface area contributed by atoms with Crippen LogP contribution >= 0.6 is 0 Å². The Morgan fingerprint density at radius 3 is 2.32 bits per heavy atom. The highest BCUT2D eigenvalue weighted by Gasteiger charge is 2.50. The Labute approximate surface area is 193 Å². The number of hydrogen-bond donors (Lipinski definition) is 6. The van der Waals surface area contributed by atoms with Gasteiger partial charge in [0.2, 0.25) is 6.29 Å². The molecular weight excluding hydrogens is 456 g/mol. The first-order chi connectivity index (χ1) is 16.1. The monoisotopic (exact) mass is 484 g/mol. The van der Waals surface area contributed by atoms with Gasteiger partial charge in [0.15, 0.2) is 6.29 Å². The summed E-state index contributed by atoms with van der Waals surface area (Å²) in [6, 6.07) is 6.01. The highest BCUT2D eigenvalue weighted by molar-refractivity contribution is 5.81. The fourth-order valence-corrected chi connectivity index (χ4v) is 4.11. The molecule has 1 aromatic carbocycles. The lowest BCUT2D eigenvalue weighted by atomic mass is 9.97. The number of rotatable bonds is 5. The van der Waals surface area contributed by atoms with Crippen molar-refractivity contribution in [2.75, 3.05) is 6.61 Å². The summed E-state index contributed by atoms with van der Waals surface area (Å²) < 4.78 is 27.3. The van der Waals surface area contributed by atoms with Gasteiger partial charge in [-0.1, -0.05) is 0 Å². The molecule has 188 valence electrons. The van der Waals surface area contributed by atoms with Crippen LogP contribution in [0.5, 0.6) is 5.75 Å². The second-order valence-electron chi connectivity index (χ2n) is 8.51. The number of benzene rings is 1. The van der Waals surface area contributed by atoms with E-state index in [1.54, 1.807) is 19.1 Å². The molecule has 0 unspecified atom stereocenters. The molecule has 0 amide bonds. The molecule has 10 atom stereocenters. The van der Waals surface area contributed by atoms with Crippen LogP contribution in [0.25, 0.3) is 11.0 Å². The smallest absolute Gasteiger partial charge is 0.336 e. The molecule has 2 saturated heterocycles. The minimum absolute atomic E-state index is 0.172. The lowest BCUT2D eigenvalue weighted by Gasteiger charge is -2.45. The molecule has 34 heavy (non-hydrogen) atoms. The van der Waals surface area contributed by atoms with E-state index in [9.17, 15) is 35.4 Å². The molecule has 2 aliphatic rings. The maximum Gasteiger partial charge on any atom is 0.336 e. The Hall–Kier alpha value is -2.13. The van der Waals surface area contributed by atoms with E-state index in [0.29, 0.717) is 10.9 Å². The van der Waals surface area contributed by atoms with Gasteiger partial charge in [0.25, 0.3) is 0 Å². The van der Waals surface area contributed by atoms with Crippen molar-refractivity contribution >= 4 is 11.0 Å². The number of fused-ring (bicyclic) bond motifs is 1.